The van der Waals surface area contributed by atoms with Gasteiger partial charge in [0.1, 0.15) is 5.69 Å². The molecule has 1 amide bonds. The monoisotopic (exact) mass is 409 g/mol. The maximum atomic E-state index is 11.8. The van der Waals surface area contributed by atoms with E-state index < -0.39 is 5.91 Å². The first-order chi connectivity index (χ1) is 15.1. The van der Waals surface area contributed by atoms with E-state index in [9.17, 15) is 4.79 Å². The van der Waals surface area contributed by atoms with Gasteiger partial charge in [-0.15, -0.1) is 0 Å². The van der Waals surface area contributed by atoms with Gasteiger partial charge in [-0.05, 0) is 37.1 Å². The molecule has 5 rings (SSSR count). The van der Waals surface area contributed by atoms with Gasteiger partial charge in [-0.2, -0.15) is 0 Å². The average Bonchev–Trinajstić information content (AvgIpc) is 3.29. The topological polar surface area (TPSA) is 85.0 Å². The van der Waals surface area contributed by atoms with E-state index in [1.54, 1.807) is 6.20 Å². The van der Waals surface area contributed by atoms with Gasteiger partial charge in [0.25, 0.3) is 5.91 Å². The van der Waals surface area contributed by atoms with E-state index >= 15 is 0 Å². The second kappa shape index (κ2) is 7.80. The van der Waals surface area contributed by atoms with Crippen molar-refractivity contribution in [1.82, 2.24) is 15.0 Å². The number of carbonyl (C=O) groups excluding carboxylic acids is 1. The Kier molecular flexibility index (Phi) is 4.82. The van der Waals surface area contributed by atoms with Crippen molar-refractivity contribution in [2.24, 2.45) is 5.73 Å². The van der Waals surface area contributed by atoms with Gasteiger partial charge in [0.15, 0.2) is 5.69 Å². The molecule has 6 nitrogen and oxygen atoms in total. The first-order valence-electron chi connectivity index (χ1n) is 10.4. The zero-order valence-electron chi connectivity index (χ0n) is 17.3. The summed E-state index contributed by atoms with van der Waals surface area (Å²) in [5.74, 6) is -0.0787. The summed E-state index contributed by atoms with van der Waals surface area (Å²) in [4.78, 5) is 27.5. The average molecular weight is 409 g/mol. The zero-order chi connectivity index (χ0) is 21.4. The lowest BCUT2D eigenvalue weighted by molar-refractivity contribution is 0.0996. The van der Waals surface area contributed by atoms with E-state index in [1.165, 1.54) is 11.8 Å². The Bertz CT molecular complexity index is 1270. The summed E-state index contributed by atoms with van der Waals surface area (Å²) in [5.41, 5.74) is 11.4. The highest BCUT2D eigenvalue weighted by Crippen LogP contribution is 2.36. The Hall–Kier alpha value is -3.80. The van der Waals surface area contributed by atoms with Crippen LogP contribution in [-0.2, 0) is 0 Å². The molecule has 0 radical (unpaired) electrons. The number of rotatable bonds is 4. The number of primary amides is 1. The first-order valence-corrected chi connectivity index (χ1v) is 10.4. The van der Waals surface area contributed by atoms with Crippen molar-refractivity contribution in [3.05, 3.63) is 83.9 Å². The fourth-order valence-corrected chi connectivity index (χ4v) is 4.45. The van der Waals surface area contributed by atoms with Crippen molar-refractivity contribution in [3.8, 4) is 11.3 Å². The van der Waals surface area contributed by atoms with E-state index in [1.807, 2.05) is 25.1 Å². The summed E-state index contributed by atoms with van der Waals surface area (Å²) >= 11 is 0. The highest BCUT2D eigenvalue weighted by atomic mass is 16.1. The van der Waals surface area contributed by atoms with Gasteiger partial charge in [-0.3, -0.25) is 14.8 Å². The maximum absolute atomic E-state index is 11.8. The number of benzene rings is 2. The van der Waals surface area contributed by atoms with Crippen LogP contribution in [0.4, 0.5) is 5.69 Å². The molecule has 1 aliphatic rings. The van der Waals surface area contributed by atoms with Crippen LogP contribution >= 0.6 is 0 Å². The smallest absolute Gasteiger partial charge is 0.269 e. The van der Waals surface area contributed by atoms with Crippen molar-refractivity contribution in [2.75, 3.05) is 18.0 Å². The Balaban J connectivity index is 1.58. The third-order valence-corrected chi connectivity index (χ3v) is 5.92. The van der Waals surface area contributed by atoms with Gasteiger partial charge in [0, 0.05) is 53.7 Å². The summed E-state index contributed by atoms with van der Waals surface area (Å²) < 4.78 is 0. The van der Waals surface area contributed by atoms with Crippen LogP contribution in [0.15, 0.2) is 67.0 Å². The summed E-state index contributed by atoms with van der Waals surface area (Å²) in [5, 5.41) is 1.04. The van der Waals surface area contributed by atoms with Gasteiger partial charge in [-0.25, -0.2) is 4.98 Å². The predicted molar refractivity (Wildman–Crippen MR) is 122 cm³/mol. The SMILES string of the molecule is Cc1cc(N2CCC(c3ccccc3)C2)c2cc(-c3nccnc3C(N)=O)ccc2n1. The Morgan fingerprint density at radius 1 is 1.06 bits per heavy atom. The Labute approximate surface area is 180 Å². The van der Waals surface area contributed by atoms with E-state index in [4.69, 9.17) is 10.7 Å². The molecule has 1 aliphatic heterocycles. The van der Waals surface area contributed by atoms with Gasteiger partial charge < -0.3 is 10.6 Å². The minimum absolute atomic E-state index is 0.175. The molecule has 6 heteroatoms. The van der Waals surface area contributed by atoms with E-state index in [0.29, 0.717) is 11.6 Å². The minimum Gasteiger partial charge on any atom is -0.370 e. The highest BCUT2D eigenvalue weighted by Gasteiger charge is 2.25. The summed E-state index contributed by atoms with van der Waals surface area (Å²) in [6.45, 7) is 3.97. The van der Waals surface area contributed by atoms with Gasteiger partial charge in [0.05, 0.1) is 5.52 Å². The van der Waals surface area contributed by atoms with Crippen LogP contribution in [-0.4, -0.2) is 33.9 Å². The van der Waals surface area contributed by atoms with E-state index in [2.05, 4.69) is 51.3 Å². The third kappa shape index (κ3) is 3.61. The normalized spacial score (nSPS) is 16.0. The lowest BCUT2D eigenvalue weighted by Crippen LogP contribution is -2.20. The van der Waals surface area contributed by atoms with Crippen LogP contribution in [0.2, 0.25) is 0 Å². The summed E-state index contributed by atoms with van der Waals surface area (Å²) in [6.07, 6.45) is 4.17. The second-order valence-corrected chi connectivity index (χ2v) is 7.97. The van der Waals surface area contributed by atoms with Crippen molar-refractivity contribution in [3.63, 3.8) is 0 Å². The predicted octanol–water partition coefficient (Wildman–Crippen LogP) is 4.09. The molecule has 31 heavy (non-hydrogen) atoms. The molecule has 1 saturated heterocycles. The number of nitrogens with zero attached hydrogens (tertiary/aromatic N) is 4. The second-order valence-electron chi connectivity index (χ2n) is 7.97. The number of anilines is 1. The number of fused-ring (bicyclic) bond motifs is 1. The third-order valence-electron chi connectivity index (χ3n) is 5.92. The molecule has 2 aromatic heterocycles. The molecule has 3 heterocycles. The van der Waals surface area contributed by atoms with Gasteiger partial charge >= 0.3 is 0 Å². The lowest BCUT2D eigenvalue weighted by atomic mass is 9.99. The number of pyridine rings is 1. The molecule has 0 aliphatic carbocycles. The number of nitrogens with two attached hydrogens (primary N) is 1. The molecule has 2 N–H and O–H groups in total. The van der Waals surface area contributed by atoms with Crippen LogP contribution < -0.4 is 10.6 Å². The molecular formula is C25H23N5O. The largest absolute Gasteiger partial charge is 0.370 e. The van der Waals surface area contributed by atoms with Crippen LogP contribution in [0.1, 0.15) is 34.1 Å². The number of carbonyl (C=O) groups is 1. The summed E-state index contributed by atoms with van der Waals surface area (Å²) in [7, 11) is 0. The summed E-state index contributed by atoms with van der Waals surface area (Å²) in [6, 6.07) is 18.8. The Morgan fingerprint density at radius 3 is 2.68 bits per heavy atom. The van der Waals surface area contributed by atoms with Crippen molar-refractivity contribution >= 4 is 22.5 Å². The number of hydrogen-bond donors (Lipinski definition) is 1. The van der Waals surface area contributed by atoms with Crippen molar-refractivity contribution in [2.45, 2.75) is 19.3 Å². The molecule has 4 aromatic rings. The fraction of sp³-hybridized carbons (Fsp3) is 0.200. The first kappa shape index (κ1) is 19.2. The van der Waals surface area contributed by atoms with Gasteiger partial charge in [-0.1, -0.05) is 36.4 Å². The molecule has 0 bridgehead atoms. The molecule has 2 aromatic carbocycles. The van der Waals surface area contributed by atoms with Gasteiger partial charge in [0.2, 0.25) is 0 Å². The standard InChI is InChI=1S/C25H23N5O/c1-16-13-22(30-12-9-19(15-30)17-5-3-2-4-6-17)20-14-18(7-8-21(20)29-16)23-24(25(26)31)28-11-10-27-23/h2-8,10-11,13-14,19H,9,12,15H2,1H3,(H2,26,31). The molecule has 1 fully saturated rings. The minimum atomic E-state index is -0.587. The lowest BCUT2D eigenvalue weighted by Gasteiger charge is -2.22. The number of aryl methyl sites for hydroxylation is 1. The number of hydrogen-bond acceptors (Lipinski definition) is 5. The van der Waals surface area contributed by atoms with Crippen LogP contribution in [0.5, 0.6) is 0 Å². The number of amides is 1. The van der Waals surface area contributed by atoms with E-state index in [-0.39, 0.29) is 5.69 Å². The molecular weight excluding hydrogens is 386 g/mol. The fourth-order valence-electron chi connectivity index (χ4n) is 4.45. The maximum Gasteiger partial charge on any atom is 0.269 e. The Morgan fingerprint density at radius 2 is 1.87 bits per heavy atom. The zero-order valence-corrected chi connectivity index (χ0v) is 17.3. The molecule has 0 spiro atoms. The van der Waals surface area contributed by atoms with Crippen LogP contribution in [0.25, 0.3) is 22.2 Å². The quantitative estimate of drug-likeness (QED) is 0.549. The molecule has 1 unspecified atom stereocenters. The van der Waals surface area contributed by atoms with Crippen LogP contribution in [0, 0.1) is 6.92 Å². The molecule has 0 saturated carbocycles. The molecule has 154 valence electrons. The van der Waals surface area contributed by atoms with Crippen LogP contribution in [0.3, 0.4) is 0 Å². The molecule has 1 atom stereocenters. The number of aromatic nitrogens is 3. The highest BCUT2D eigenvalue weighted by molar-refractivity contribution is 5.99. The van der Waals surface area contributed by atoms with E-state index in [0.717, 1.165) is 47.4 Å². The van der Waals surface area contributed by atoms with Crippen molar-refractivity contribution < 1.29 is 4.79 Å². The van der Waals surface area contributed by atoms with Crippen molar-refractivity contribution in [1.29, 1.82) is 0 Å².